The fourth-order valence-electron chi connectivity index (χ4n) is 3.82. The lowest BCUT2D eigenvalue weighted by atomic mass is 9.87. The number of rotatable bonds is 5. The van der Waals surface area contributed by atoms with Crippen molar-refractivity contribution in [2.24, 2.45) is 0 Å². The molecule has 0 aliphatic carbocycles. The molecule has 1 aliphatic rings. The van der Waals surface area contributed by atoms with Crippen molar-refractivity contribution in [3.8, 4) is 5.75 Å². The Labute approximate surface area is 194 Å². The summed E-state index contributed by atoms with van der Waals surface area (Å²) in [4.78, 5) is 28.4. The third-order valence-corrected chi connectivity index (χ3v) is 5.75. The first-order chi connectivity index (χ1) is 15.7. The number of aryl methyl sites for hydroxylation is 1. The number of amides is 2. The maximum atomic E-state index is 13.6. The molecule has 1 aliphatic heterocycles. The summed E-state index contributed by atoms with van der Waals surface area (Å²) in [6.45, 7) is 8.36. The zero-order chi connectivity index (χ0) is 23.8. The highest BCUT2D eigenvalue weighted by molar-refractivity contribution is 6.46. The molecule has 33 heavy (non-hydrogen) atoms. The minimum Gasteiger partial charge on any atom is -0.497 e. The molecule has 0 saturated carbocycles. The van der Waals surface area contributed by atoms with Gasteiger partial charge in [0.15, 0.2) is 0 Å². The van der Waals surface area contributed by atoms with Gasteiger partial charge in [-0.1, -0.05) is 68.8 Å². The number of hydrogen-bond donors (Lipinski definition) is 1. The highest BCUT2D eigenvalue weighted by Gasteiger charge is 2.40. The van der Waals surface area contributed by atoms with E-state index in [1.165, 1.54) is 4.90 Å². The number of anilines is 2. The molecule has 0 spiro atoms. The van der Waals surface area contributed by atoms with E-state index in [9.17, 15) is 9.59 Å². The third kappa shape index (κ3) is 4.40. The Morgan fingerprint density at radius 3 is 2.12 bits per heavy atom. The van der Waals surface area contributed by atoms with Crippen LogP contribution in [0.2, 0.25) is 0 Å². The third-order valence-electron chi connectivity index (χ3n) is 5.75. The van der Waals surface area contributed by atoms with Crippen LogP contribution in [0.5, 0.6) is 5.75 Å². The maximum Gasteiger partial charge on any atom is 0.282 e. The molecule has 5 heteroatoms. The molecule has 5 nitrogen and oxygen atoms in total. The van der Waals surface area contributed by atoms with Gasteiger partial charge in [-0.25, -0.2) is 4.90 Å². The molecule has 0 unspecified atom stereocenters. The lowest BCUT2D eigenvalue weighted by molar-refractivity contribution is -0.120. The van der Waals surface area contributed by atoms with Gasteiger partial charge in [0.25, 0.3) is 11.8 Å². The summed E-state index contributed by atoms with van der Waals surface area (Å²) in [5, 5.41) is 3.18. The second kappa shape index (κ2) is 8.58. The number of hydrogen-bond acceptors (Lipinski definition) is 4. The van der Waals surface area contributed by atoms with Crippen LogP contribution in [0.4, 0.5) is 11.4 Å². The lowest BCUT2D eigenvalue weighted by Crippen LogP contribution is -2.32. The molecule has 2 amide bonds. The number of methoxy groups -OCH3 is 1. The summed E-state index contributed by atoms with van der Waals surface area (Å²) in [7, 11) is 1.59. The number of nitrogens with zero attached hydrogens (tertiary/aromatic N) is 1. The van der Waals surface area contributed by atoms with E-state index in [0.29, 0.717) is 28.3 Å². The van der Waals surface area contributed by atoms with Crippen LogP contribution in [0.3, 0.4) is 0 Å². The number of carbonyl (C=O) groups is 2. The minimum atomic E-state index is -0.387. The first kappa shape index (κ1) is 22.3. The summed E-state index contributed by atoms with van der Waals surface area (Å²) in [6, 6.07) is 22.5. The van der Waals surface area contributed by atoms with Crippen molar-refractivity contribution in [3.63, 3.8) is 0 Å². The smallest absolute Gasteiger partial charge is 0.282 e. The van der Waals surface area contributed by atoms with Gasteiger partial charge in [-0.3, -0.25) is 9.59 Å². The molecule has 4 rings (SSSR count). The normalized spacial score (nSPS) is 14.2. The topological polar surface area (TPSA) is 58.6 Å². The Bertz CT molecular complexity index is 1230. The van der Waals surface area contributed by atoms with Gasteiger partial charge in [0.1, 0.15) is 11.4 Å². The fraction of sp³-hybridized carbons (Fsp3) is 0.214. The Balaban J connectivity index is 1.77. The van der Waals surface area contributed by atoms with Crippen LogP contribution in [0.1, 0.15) is 37.5 Å². The van der Waals surface area contributed by atoms with E-state index in [2.05, 4.69) is 26.1 Å². The molecule has 0 aromatic heterocycles. The molecule has 0 saturated heterocycles. The molecule has 1 heterocycles. The van der Waals surface area contributed by atoms with Crippen molar-refractivity contribution in [1.82, 2.24) is 0 Å². The average Bonchev–Trinajstić information content (AvgIpc) is 3.03. The van der Waals surface area contributed by atoms with Crippen molar-refractivity contribution in [1.29, 1.82) is 0 Å². The van der Waals surface area contributed by atoms with E-state index in [0.717, 1.165) is 11.1 Å². The van der Waals surface area contributed by atoms with Crippen molar-refractivity contribution in [2.75, 3.05) is 17.3 Å². The van der Waals surface area contributed by atoms with E-state index >= 15 is 0 Å². The van der Waals surface area contributed by atoms with Crippen molar-refractivity contribution in [2.45, 2.75) is 33.1 Å². The van der Waals surface area contributed by atoms with Crippen LogP contribution in [0.25, 0.3) is 5.57 Å². The highest BCUT2D eigenvalue weighted by atomic mass is 16.5. The first-order valence-corrected chi connectivity index (χ1v) is 10.9. The average molecular weight is 441 g/mol. The molecule has 3 aromatic rings. The van der Waals surface area contributed by atoms with Crippen LogP contribution in [0, 0.1) is 6.92 Å². The summed E-state index contributed by atoms with van der Waals surface area (Å²) in [6.07, 6.45) is 0. The molecule has 1 N–H and O–H groups in total. The largest absolute Gasteiger partial charge is 0.497 e. The Kier molecular flexibility index (Phi) is 5.81. The molecule has 3 aromatic carbocycles. The quantitative estimate of drug-likeness (QED) is 0.517. The standard InChI is InChI=1S/C28H28N2O3/c1-18-9-11-19(12-10-18)24-25(29-21-7-6-8-23(17-21)33-5)27(32)30(26(24)31)22-15-13-20(14-16-22)28(2,3)4/h6-17,29H,1-5H3. The number of nitrogens with one attached hydrogen (secondary N) is 1. The van der Waals surface area contributed by atoms with E-state index in [4.69, 9.17) is 4.74 Å². The van der Waals surface area contributed by atoms with Gasteiger partial charge in [0.2, 0.25) is 0 Å². The SMILES string of the molecule is COc1cccc(NC2=C(c3ccc(C)cc3)C(=O)N(c3ccc(C(C)(C)C)cc3)C2=O)c1. The zero-order valence-electron chi connectivity index (χ0n) is 19.6. The van der Waals surface area contributed by atoms with Gasteiger partial charge in [-0.2, -0.15) is 0 Å². The monoisotopic (exact) mass is 440 g/mol. The summed E-state index contributed by atoms with van der Waals surface area (Å²) >= 11 is 0. The predicted octanol–water partition coefficient (Wildman–Crippen LogP) is 5.70. The molecular formula is C28H28N2O3. The summed E-state index contributed by atoms with van der Waals surface area (Å²) < 4.78 is 5.30. The fourth-order valence-corrected chi connectivity index (χ4v) is 3.82. The second-order valence-corrected chi connectivity index (χ2v) is 9.22. The van der Waals surface area contributed by atoms with Gasteiger partial charge in [0, 0.05) is 11.8 Å². The number of ether oxygens (including phenoxy) is 1. The zero-order valence-corrected chi connectivity index (χ0v) is 19.6. The first-order valence-electron chi connectivity index (χ1n) is 10.9. The highest BCUT2D eigenvalue weighted by Crippen LogP contribution is 2.35. The van der Waals surface area contributed by atoms with Crippen LogP contribution < -0.4 is 15.0 Å². The van der Waals surface area contributed by atoms with Crippen molar-refractivity contribution >= 4 is 28.8 Å². The Morgan fingerprint density at radius 1 is 0.848 bits per heavy atom. The van der Waals surface area contributed by atoms with E-state index in [1.54, 1.807) is 13.2 Å². The minimum absolute atomic E-state index is 0.0258. The van der Waals surface area contributed by atoms with Crippen LogP contribution in [0.15, 0.2) is 78.5 Å². The number of carbonyl (C=O) groups excluding carboxylic acids is 2. The molecular weight excluding hydrogens is 412 g/mol. The van der Waals surface area contributed by atoms with Crippen molar-refractivity contribution < 1.29 is 14.3 Å². The van der Waals surface area contributed by atoms with Crippen LogP contribution in [-0.2, 0) is 15.0 Å². The molecule has 0 fully saturated rings. The second-order valence-electron chi connectivity index (χ2n) is 9.22. The number of imide groups is 1. The summed E-state index contributed by atoms with van der Waals surface area (Å²) in [5.74, 6) is -0.0801. The Hall–Kier alpha value is -3.86. The van der Waals surface area contributed by atoms with Crippen LogP contribution in [-0.4, -0.2) is 18.9 Å². The van der Waals surface area contributed by atoms with E-state index < -0.39 is 0 Å². The predicted molar refractivity (Wildman–Crippen MR) is 132 cm³/mol. The van der Waals surface area contributed by atoms with E-state index in [-0.39, 0.29) is 22.9 Å². The van der Waals surface area contributed by atoms with Gasteiger partial charge in [0.05, 0.1) is 18.4 Å². The maximum absolute atomic E-state index is 13.6. The van der Waals surface area contributed by atoms with E-state index in [1.807, 2.05) is 73.7 Å². The van der Waals surface area contributed by atoms with Gasteiger partial charge < -0.3 is 10.1 Å². The molecule has 168 valence electrons. The van der Waals surface area contributed by atoms with Gasteiger partial charge in [-0.05, 0) is 47.7 Å². The van der Waals surface area contributed by atoms with Gasteiger partial charge >= 0.3 is 0 Å². The Morgan fingerprint density at radius 2 is 1.52 bits per heavy atom. The summed E-state index contributed by atoms with van der Waals surface area (Å²) in [5.41, 5.74) is 4.69. The van der Waals surface area contributed by atoms with Gasteiger partial charge in [-0.15, -0.1) is 0 Å². The van der Waals surface area contributed by atoms with Crippen molar-refractivity contribution in [3.05, 3.63) is 95.2 Å². The van der Waals surface area contributed by atoms with Crippen LogP contribution >= 0.6 is 0 Å². The molecule has 0 atom stereocenters. The lowest BCUT2D eigenvalue weighted by Gasteiger charge is -2.21. The molecule has 0 radical (unpaired) electrons. The molecule has 0 bridgehead atoms. The number of benzene rings is 3.